The van der Waals surface area contributed by atoms with Crippen molar-refractivity contribution in [3.63, 3.8) is 0 Å². The molecular formula is C29H32F2N2O4S. The van der Waals surface area contributed by atoms with Gasteiger partial charge in [-0.2, -0.15) is 0 Å². The highest BCUT2D eigenvalue weighted by Crippen LogP contribution is 2.49. The van der Waals surface area contributed by atoms with Crippen LogP contribution in [-0.2, 0) is 21.4 Å². The van der Waals surface area contributed by atoms with Crippen molar-refractivity contribution in [2.45, 2.75) is 57.8 Å². The molecule has 2 aromatic rings. The van der Waals surface area contributed by atoms with E-state index in [0.717, 1.165) is 20.9 Å². The monoisotopic (exact) mass is 542 g/mol. The average molecular weight is 543 g/mol. The summed E-state index contributed by atoms with van der Waals surface area (Å²) in [6, 6.07) is 10.0. The smallest absolute Gasteiger partial charge is 0.332 e. The summed E-state index contributed by atoms with van der Waals surface area (Å²) in [7, 11) is 1.57. The number of allylic oxidation sites excluding steroid dienone is 2. The van der Waals surface area contributed by atoms with Crippen LogP contribution in [0.15, 0.2) is 63.6 Å². The second-order valence-corrected chi connectivity index (χ2v) is 11.2. The van der Waals surface area contributed by atoms with Crippen LogP contribution < -0.4 is 4.74 Å². The van der Waals surface area contributed by atoms with Gasteiger partial charge < -0.3 is 14.7 Å². The molecule has 1 aromatic carbocycles. The highest BCUT2D eigenvalue weighted by atomic mass is 32.2. The Morgan fingerprint density at radius 3 is 2.58 bits per heavy atom. The van der Waals surface area contributed by atoms with Crippen molar-refractivity contribution in [2.75, 3.05) is 20.2 Å². The lowest BCUT2D eigenvalue weighted by molar-refractivity contribution is -0.134. The molecule has 0 spiro atoms. The largest absolute Gasteiger partial charge is 0.495 e. The molecular weight excluding hydrogens is 510 g/mol. The lowest BCUT2D eigenvalue weighted by atomic mass is 9.98. The zero-order valence-corrected chi connectivity index (χ0v) is 22.6. The Labute approximate surface area is 225 Å². The molecule has 1 aliphatic heterocycles. The Hall–Kier alpha value is -3.20. The van der Waals surface area contributed by atoms with Crippen LogP contribution in [0.25, 0.3) is 0 Å². The van der Waals surface area contributed by atoms with Crippen molar-refractivity contribution in [2.24, 2.45) is 0 Å². The van der Waals surface area contributed by atoms with Gasteiger partial charge in [-0.1, -0.05) is 41.6 Å². The SMILES string of the molecule is COc1ccc(C2(C(=O)N(CCCc3cccc(C(F)F)c3)CC3=C(C)CC(C(=O)O)=C(C)S3)CC2)nc1. The lowest BCUT2D eigenvalue weighted by Crippen LogP contribution is -2.41. The second kappa shape index (κ2) is 11.7. The average Bonchev–Trinajstić information content (AvgIpc) is 3.71. The van der Waals surface area contributed by atoms with Crippen LogP contribution in [0.5, 0.6) is 5.75 Å². The number of aliphatic carboxylic acids is 1. The molecule has 0 radical (unpaired) electrons. The number of benzene rings is 1. The third-order valence-electron chi connectivity index (χ3n) is 7.22. The number of thioether (sulfide) groups is 1. The Kier molecular flexibility index (Phi) is 8.55. The van der Waals surface area contributed by atoms with Crippen LogP contribution in [0.1, 0.15) is 62.8 Å². The normalized spacial score (nSPS) is 16.6. The zero-order valence-electron chi connectivity index (χ0n) is 21.8. The van der Waals surface area contributed by atoms with Crippen molar-refractivity contribution >= 4 is 23.6 Å². The number of alkyl halides is 2. The number of amides is 1. The first-order valence-electron chi connectivity index (χ1n) is 12.6. The lowest BCUT2D eigenvalue weighted by Gasteiger charge is -2.30. The molecule has 202 valence electrons. The minimum Gasteiger partial charge on any atom is -0.495 e. The number of halogens is 2. The Bertz CT molecular complexity index is 1270. The Balaban J connectivity index is 1.54. The van der Waals surface area contributed by atoms with Crippen molar-refractivity contribution < 1.29 is 28.2 Å². The van der Waals surface area contributed by atoms with Crippen LogP contribution >= 0.6 is 11.8 Å². The Morgan fingerprint density at radius 1 is 1.21 bits per heavy atom. The molecule has 1 saturated carbocycles. The van der Waals surface area contributed by atoms with Gasteiger partial charge in [-0.25, -0.2) is 13.6 Å². The number of nitrogens with zero attached hydrogens (tertiary/aromatic N) is 2. The molecule has 0 bridgehead atoms. The summed E-state index contributed by atoms with van der Waals surface area (Å²) >= 11 is 1.41. The molecule has 1 aromatic heterocycles. The number of aromatic nitrogens is 1. The van der Waals surface area contributed by atoms with Gasteiger partial charge in [-0.15, -0.1) is 0 Å². The van der Waals surface area contributed by atoms with E-state index < -0.39 is 17.8 Å². The minimum atomic E-state index is -2.52. The molecule has 2 aliphatic rings. The Morgan fingerprint density at radius 2 is 1.97 bits per heavy atom. The van der Waals surface area contributed by atoms with E-state index in [-0.39, 0.29) is 11.5 Å². The van der Waals surface area contributed by atoms with E-state index in [9.17, 15) is 23.5 Å². The molecule has 1 amide bonds. The highest BCUT2D eigenvalue weighted by Gasteiger charge is 2.54. The number of carboxylic acid groups (broad SMARTS) is 1. The minimum absolute atomic E-state index is 0.00571. The van der Waals surface area contributed by atoms with Gasteiger partial charge in [0.2, 0.25) is 5.91 Å². The predicted octanol–water partition coefficient (Wildman–Crippen LogP) is 6.29. The van der Waals surface area contributed by atoms with Crippen molar-refractivity contribution in [1.82, 2.24) is 9.88 Å². The number of methoxy groups -OCH3 is 1. The van der Waals surface area contributed by atoms with Crippen LogP contribution in [0.2, 0.25) is 0 Å². The molecule has 0 atom stereocenters. The van der Waals surface area contributed by atoms with E-state index in [0.29, 0.717) is 62.2 Å². The maximum atomic E-state index is 14.0. The highest BCUT2D eigenvalue weighted by molar-refractivity contribution is 8.06. The number of aryl methyl sites for hydroxylation is 1. The first kappa shape index (κ1) is 27.8. The number of carbonyl (C=O) groups is 2. The number of hydrogen-bond donors (Lipinski definition) is 1. The molecule has 1 aliphatic carbocycles. The third-order valence-corrected chi connectivity index (χ3v) is 8.49. The van der Waals surface area contributed by atoms with Crippen molar-refractivity contribution in [3.05, 3.63) is 80.4 Å². The molecule has 1 fully saturated rings. The summed E-state index contributed by atoms with van der Waals surface area (Å²) in [5.74, 6) is -0.311. The number of ether oxygens (including phenoxy) is 1. The molecule has 1 N–H and O–H groups in total. The van der Waals surface area contributed by atoms with Crippen LogP contribution in [0, 0.1) is 0 Å². The van der Waals surface area contributed by atoms with Gasteiger partial charge in [-0.3, -0.25) is 9.78 Å². The summed E-state index contributed by atoms with van der Waals surface area (Å²) < 4.78 is 31.5. The van der Waals surface area contributed by atoms with Gasteiger partial charge in [0.25, 0.3) is 6.43 Å². The summed E-state index contributed by atoms with van der Waals surface area (Å²) in [4.78, 5) is 33.7. The van der Waals surface area contributed by atoms with Gasteiger partial charge in [0.1, 0.15) is 5.75 Å². The van der Waals surface area contributed by atoms with Crippen molar-refractivity contribution in [3.8, 4) is 5.75 Å². The topological polar surface area (TPSA) is 79.7 Å². The van der Waals surface area contributed by atoms with Crippen LogP contribution in [0.4, 0.5) is 8.78 Å². The van der Waals surface area contributed by atoms with Gasteiger partial charge in [0, 0.05) is 23.4 Å². The maximum absolute atomic E-state index is 14.0. The molecule has 38 heavy (non-hydrogen) atoms. The number of carboxylic acids is 1. The number of hydrogen-bond acceptors (Lipinski definition) is 5. The van der Waals surface area contributed by atoms with Crippen LogP contribution in [-0.4, -0.2) is 47.1 Å². The first-order chi connectivity index (χ1) is 18.1. The van der Waals surface area contributed by atoms with E-state index in [2.05, 4.69) is 4.98 Å². The molecule has 0 unspecified atom stereocenters. The van der Waals surface area contributed by atoms with Crippen molar-refractivity contribution in [1.29, 1.82) is 0 Å². The van der Waals surface area contributed by atoms with E-state index >= 15 is 0 Å². The zero-order chi connectivity index (χ0) is 27.4. The molecule has 9 heteroatoms. The van der Waals surface area contributed by atoms with Gasteiger partial charge in [0.15, 0.2) is 0 Å². The summed E-state index contributed by atoms with van der Waals surface area (Å²) in [6.45, 7) is 4.52. The predicted molar refractivity (Wildman–Crippen MR) is 143 cm³/mol. The number of rotatable bonds is 11. The first-order valence-corrected chi connectivity index (χ1v) is 13.4. The summed E-state index contributed by atoms with van der Waals surface area (Å²) in [5.41, 5.74) is 2.15. The standard InChI is InChI=1S/C29H32F2N2O4S/c1-18-14-23(27(34)35)19(2)38-24(18)17-33(13-5-7-20-6-4-8-21(15-20)26(30)31)28(36)29(11-12-29)25-10-9-22(37-3)16-32-25/h4,6,8-10,15-16,26H,5,7,11-14,17H2,1-3H3,(H,34,35). The van der Waals surface area contributed by atoms with E-state index in [1.54, 1.807) is 32.4 Å². The summed E-state index contributed by atoms with van der Waals surface area (Å²) in [6.07, 6.45) is 2.01. The summed E-state index contributed by atoms with van der Waals surface area (Å²) in [5, 5.41) is 9.52. The van der Waals surface area contributed by atoms with E-state index in [1.165, 1.54) is 23.9 Å². The van der Waals surface area contributed by atoms with E-state index in [4.69, 9.17) is 4.74 Å². The molecule has 4 rings (SSSR count). The van der Waals surface area contributed by atoms with Gasteiger partial charge in [0.05, 0.1) is 36.5 Å². The van der Waals surface area contributed by atoms with Gasteiger partial charge >= 0.3 is 5.97 Å². The fourth-order valence-corrected chi connectivity index (χ4v) is 5.91. The van der Waals surface area contributed by atoms with Crippen LogP contribution in [0.3, 0.4) is 0 Å². The molecule has 2 heterocycles. The second-order valence-electron chi connectivity index (χ2n) is 9.86. The van der Waals surface area contributed by atoms with Gasteiger partial charge in [-0.05, 0) is 62.1 Å². The quantitative estimate of drug-likeness (QED) is 0.360. The van der Waals surface area contributed by atoms with E-state index in [1.807, 2.05) is 24.0 Å². The fourth-order valence-electron chi connectivity index (χ4n) is 4.79. The molecule has 0 saturated heterocycles. The number of carbonyl (C=O) groups excluding carboxylic acids is 1. The number of pyridine rings is 1. The maximum Gasteiger partial charge on any atom is 0.332 e. The molecule has 6 nitrogen and oxygen atoms in total. The third kappa shape index (κ3) is 6.09. The fraction of sp³-hybridized carbons (Fsp3) is 0.414.